The van der Waals surface area contributed by atoms with Crippen LogP contribution in [0, 0.1) is 5.82 Å². The van der Waals surface area contributed by atoms with Gasteiger partial charge < -0.3 is 24.2 Å². The van der Waals surface area contributed by atoms with E-state index in [1.807, 2.05) is 12.1 Å². The summed E-state index contributed by atoms with van der Waals surface area (Å²) in [4.78, 5) is 25.7. The molecule has 1 unspecified atom stereocenters. The number of aryl methyl sites for hydroxylation is 1. The predicted octanol–water partition coefficient (Wildman–Crippen LogP) is 6.68. The largest absolute Gasteiger partial charge is 0.492 e. The zero-order valence-corrected chi connectivity index (χ0v) is 23.0. The maximum Gasteiger partial charge on any atom is 0.415 e. The lowest BCUT2D eigenvalue weighted by molar-refractivity contribution is -0.149. The summed E-state index contributed by atoms with van der Waals surface area (Å²) >= 11 is 12.2. The fraction of sp³-hybridized carbons (Fsp3) is 0.310. The zero-order chi connectivity index (χ0) is 28.2. The molecule has 0 heterocycles. The van der Waals surface area contributed by atoms with Crippen LogP contribution in [0.25, 0.3) is 0 Å². The number of ether oxygens (including phenoxy) is 3. The molecular formula is C29H30Cl2FNO6. The second-order valence-electron chi connectivity index (χ2n) is 8.67. The fourth-order valence-electron chi connectivity index (χ4n) is 3.85. The van der Waals surface area contributed by atoms with Crippen molar-refractivity contribution in [2.24, 2.45) is 0 Å². The molecule has 3 aromatic carbocycles. The highest BCUT2D eigenvalue weighted by Gasteiger charge is 2.19. The molecule has 10 heteroatoms. The van der Waals surface area contributed by atoms with Crippen LogP contribution in [-0.4, -0.2) is 54.5 Å². The summed E-state index contributed by atoms with van der Waals surface area (Å²) in [7, 11) is 0. The molecule has 1 N–H and O–H groups in total. The SMILES string of the molecule is CCOC(Cc1ccc(OCCN(CCCc2cc(Cl)cc(Cl)c2)C(=O)Oc2cccc(F)c2)cc1)C(=O)O. The van der Waals surface area contributed by atoms with Gasteiger partial charge in [-0.25, -0.2) is 14.0 Å². The third-order valence-corrected chi connectivity index (χ3v) is 6.13. The van der Waals surface area contributed by atoms with Crippen LogP contribution in [0.4, 0.5) is 9.18 Å². The average molecular weight is 578 g/mol. The number of halogens is 3. The van der Waals surface area contributed by atoms with E-state index in [1.54, 1.807) is 37.3 Å². The molecule has 1 atom stereocenters. The molecule has 3 aromatic rings. The van der Waals surface area contributed by atoms with Gasteiger partial charge in [-0.05, 0) is 73.4 Å². The Morgan fingerprint density at radius 1 is 0.949 bits per heavy atom. The third-order valence-electron chi connectivity index (χ3n) is 5.69. The summed E-state index contributed by atoms with van der Waals surface area (Å²) < 4.78 is 30.0. The van der Waals surface area contributed by atoms with Gasteiger partial charge in [0.05, 0.1) is 6.54 Å². The number of nitrogens with zero attached hydrogens (tertiary/aromatic N) is 1. The van der Waals surface area contributed by atoms with Crippen molar-refractivity contribution in [2.75, 3.05) is 26.3 Å². The number of carboxylic acids is 1. The number of carbonyl (C=O) groups is 2. The van der Waals surface area contributed by atoms with Crippen LogP contribution in [-0.2, 0) is 22.4 Å². The van der Waals surface area contributed by atoms with Gasteiger partial charge in [-0.15, -0.1) is 0 Å². The number of carbonyl (C=O) groups excluding carboxylic acids is 1. The highest BCUT2D eigenvalue weighted by molar-refractivity contribution is 6.34. The van der Waals surface area contributed by atoms with Gasteiger partial charge in [0.25, 0.3) is 0 Å². The van der Waals surface area contributed by atoms with E-state index < -0.39 is 24.0 Å². The first-order valence-electron chi connectivity index (χ1n) is 12.5. The molecule has 0 aliphatic heterocycles. The van der Waals surface area contributed by atoms with E-state index in [4.69, 9.17) is 37.4 Å². The number of aliphatic carboxylic acids is 1. The summed E-state index contributed by atoms with van der Waals surface area (Å²) in [5, 5.41) is 10.3. The minimum Gasteiger partial charge on any atom is -0.492 e. The number of carboxylic acid groups (broad SMARTS) is 1. The molecule has 208 valence electrons. The van der Waals surface area contributed by atoms with Crippen LogP contribution in [0.1, 0.15) is 24.5 Å². The van der Waals surface area contributed by atoms with Crippen molar-refractivity contribution in [2.45, 2.75) is 32.3 Å². The molecule has 3 rings (SSSR count). The van der Waals surface area contributed by atoms with Gasteiger partial charge in [0.15, 0.2) is 6.10 Å². The molecular weight excluding hydrogens is 548 g/mol. The van der Waals surface area contributed by atoms with Gasteiger partial charge in [-0.2, -0.15) is 0 Å². The highest BCUT2D eigenvalue weighted by Crippen LogP contribution is 2.21. The first-order valence-corrected chi connectivity index (χ1v) is 13.2. The predicted molar refractivity (Wildman–Crippen MR) is 147 cm³/mol. The summed E-state index contributed by atoms with van der Waals surface area (Å²) in [6.45, 7) is 2.81. The molecule has 39 heavy (non-hydrogen) atoms. The number of benzene rings is 3. The zero-order valence-electron chi connectivity index (χ0n) is 21.4. The lowest BCUT2D eigenvalue weighted by Crippen LogP contribution is -2.37. The Morgan fingerprint density at radius 3 is 2.31 bits per heavy atom. The van der Waals surface area contributed by atoms with Crippen molar-refractivity contribution < 1.29 is 33.3 Å². The number of hydrogen-bond donors (Lipinski definition) is 1. The van der Waals surface area contributed by atoms with E-state index in [-0.39, 0.29) is 25.3 Å². The average Bonchev–Trinajstić information content (AvgIpc) is 2.88. The van der Waals surface area contributed by atoms with Crippen molar-refractivity contribution in [3.63, 3.8) is 0 Å². The standard InChI is InChI=1S/C29H30Cl2FNO6/c1-2-37-27(28(34)35)17-20-8-10-25(11-9-20)38-14-13-33(29(36)39-26-7-3-6-24(32)19-26)12-4-5-21-15-22(30)18-23(31)16-21/h3,6-11,15-16,18-19,27H,2,4-5,12-14,17H2,1H3,(H,34,35). The fourth-order valence-corrected chi connectivity index (χ4v) is 4.42. The summed E-state index contributed by atoms with van der Waals surface area (Å²) in [5.74, 6) is -0.850. The van der Waals surface area contributed by atoms with Crippen molar-refractivity contribution in [1.82, 2.24) is 4.90 Å². The second kappa shape index (κ2) is 15.3. The van der Waals surface area contributed by atoms with Gasteiger partial charge in [0, 0.05) is 35.7 Å². The number of hydrogen-bond acceptors (Lipinski definition) is 5. The van der Waals surface area contributed by atoms with Crippen LogP contribution >= 0.6 is 23.2 Å². The van der Waals surface area contributed by atoms with E-state index in [1.165, 1.54) is 23.1 Å². The maximum absolute atomic E-state index is 13.6. The van der Waals surface area contributed by atoms with Crippen LogP contribution in [0.15, 0.2) is 66.7 Å². The second-order valence-corrected chi connectivity index (χ2v) is 9.55. The van der Waals surface area contributed by atoms with Crippen molar-refractivity contribution in [3.8, 4) is 11.5 Å². The van der Waals surface area contributed by atoms with Crippen molar-refractivity contribution >= 4 is 35.3 Å². The summed E-state index contributed by atoms with van der Waals surface area (Å²) in [6, 6.07) is 17.7. The third kappa shape index (κ3) is 10.4. The quantitative estimate of drug-likeness (QED) is 0.230. The van der Waals surface area contributed by atoms with E-state index in [9.17, 15) is 19.1 Å². The Bertz CT molecular complexity index is 1220. The Morgan fingerprint density at radius 2 is 1.67 bits per heavy atom. The summed E-state index contributed by atoms with van der Waals surface area (Å²) in [6.07, 6.45) is -0.0673. The molecule has 0 spiro atoms. The van der Waals surface area contributed by atoms with Gasteiger partial charge in [-0.3, -0.25) is 0 Å². The molecule has 0 aliphatic rings. The molecule has 0 saturated carbocycles. The van der Waals surface area contributed by atoms with E-state index in [2.05, 4.69) is 0 Å². The van der Waals surface area contributed by atoms with Crippen LogP contribution in [0.2, 0.25) is 10.0 Å². The van der Waals surface area contributed by atoms with E-state index in [0.717, 1.165) is 17.2 Å². The number of rotatable bonds is 14. The molecule has 0 fully saturated rings. The maximum atomic E-state index is 13.6. The molecule has 0 radical (unpaired) electrons. The molecule has 0 saturated heterocycles. The Hall–Kier alpha value is -3.33. The van der Waals surface area contributed by atoms with E-state index in [0.29, 0.717) is 41.8 Å². The molecule has 7 nitrogen and oxygen atoms in total. The van der Waals surface area contributed by atoms with Crippen LogP contribution < -0.4 is 9.47 Å². The van der Waals surface area contributed by atoms with Gasteiger partial charge in [0.1, 0.15) is 23.9 Å². The monoisotopic (exact) mass is 577 g/mol. The topological polar surface area (TPSA) is 85.3 Å². The first-order chi connectivity index (χ1) is 18.7. The van der Waals surface area contributed by atoms with Crippen molar-refractivity contribution in [1.29, 1.82) is 0 Å². The Kier molecular flexibility index (Phi) is 11.9. The van der Waals surface area contributed by atoms with Crippen molar-refractivity contribution in [3.05, 3.63) is 93.7 Å². The minimum absolute atomic E-state index is 0.106. The molecule has 0 bridgehead atoms. The normalized spacial score (nSPS) is 11.6. The van der Waals surface area contributed by atoms with Gasteiger partial charge in [0.2, 0.25) is 0 Å². The van der Waals surface area contributed by atoms with Crippen LogP contribution in [0.3, 0.4) is 0 Å². The van der Waals surface area contributed by atoms with E-state index >= 15 is 0 Å². The van der Waals surface area contributed by atoms with Gasteiger partial charge >= 0.3 is 12.1 Å². The minimum atomic E-state index is -1.01. The number of amides is 1. The first kappa shape index (κ1) is 30.2. The smallest absolute Gasteiger partial charge is 0.415 e. The lowest BCUT2D eigenvalue weighted by Gasteiger charge is -2.22. The molecule has 1 amide bonds. The molecule has 0 aromatic heterocycles. The Balaban J connectivity index is 1.58. The Labute approximate surface area is 237 Å². The summed E-state index contributed by atoms with van der Waals surface area (Å²) in [5.41, 5.74) is 1.74. The highest BCUT2D eigenvalue weighted by atomic mass is 35.5. The molecule has 0 aliphatic carbocycles. The van der Waals surface area contributed by atoms with Gasteiger partial charge in [-0.1, -0.05) is 41.4 Å². The lowest BCUT2D eigenvalue weighted by atomic mass is 10.1. The van der Waals surface area contributed by atoms with Crippen LogP contribution in [0.5, 0.6) is 11.5 Å².